The summed E-state index contributed by atoms with van der Waals surface area (Å²) < 4.78 is 34.2. The molecule has 1 aromatic heterocycles. The van der Waals surface area contributed by atoms with E-state index in [4.69, 9.17) is 4.42 Å². The van der Waals surface area contributed by atoms with Crippen molar-refractivity contribution < 1.29 is 27.5 Å². The summed E-state index contributed by atoms with van der Waals surface area (Å²) in [6, 6.07) is 7.65. The standard InChI is InChI=1S/C18H18F2N2O4/c19-18(20)26-15-4-2-1-3-14(15)21-16(23)12-5-8-22(9-6-12)17(24)13-7-10-25-11-13/h1-4,7,10-12,18H,5-6,8-9H2,(H,21,23). The minimum atomic E-state index is -2.97. The number of amides is 2. The minimum Gasteiger partial charge on any atom is -0.472 e. The van der Waals surface area contributed by atoms with Crippen molar-refractivity contribution in [3.8, 4) is 5.75 Å². The normalized spacial score (nSPS) is 15.1. The summed E-state index contributed by atoms with van der Waals surface area (Å²) in [7, 11) is 0. The van der Waals surface area contributed by atoms with Gasteiger partial charge in [-0.2, -0.15) is 8.78 Å². The van der Waals surface area contributed by atoms with Crippen LogP contribution in [-0.2, 0) is 4.79 Å². The fourth-order valence-corrected chi connectivity index (χ4v) is 2.92. The molecule has 3 rings (SSSR count). The number of likely N-dealkylation sites (tertiary alicyclic amines) is 1. The van der Waals surface area contributed by atoms with E-state index in [0.29, 0.717) is 31.5 Å². The van der Waals surface area contributed by atoms with Gasteiger partial charge in [-0.05, 0) is 31.0 Å². The summed E-state index contributed by atoms with van der Waals surface area (Å²) in [5, 5.41) is 2.64. The molecule has 0 atom stereocenters. The van der Waals surface area contributed by atoms with Crippen LogP contribution in [0.1, 0.15) is 23.2 Å². The third-order valence-electron chi connectivity index (χ3n) is 4.28. The Kier molecular flexibility index (Phi) is 5.50. The van der Waals surface area contributed by atoms with Crippen LogP contribution in [0.25, 0.3) is 0 Å². The van der Waals surface area contributed by atoms with Crippen molar-refractivity contribution in [1.82, 2.24) is 4.90 Å². The van der Waals surface area contributed by atoms with Crippen molar-refractivity contribution in [2.45, 2.75) is 19.5 Å². The first-order chi connectivity index (χ1) is 12.5. The maximum Gasteiger partial charge on any atom is 0.387 e. The monoisotopic (exact) mass is 364 g/mol. The van der Waals surface area contributed by atoms with Crippen molar-refractivity contribution in [2.24, 2.45) is 5.92 Å². The summed E-state index contributed by atoms with van der Waals surface area (Å²) in [6.07, 6.45) is 3.81. The van der Waals surface area contributed by atoms with Crippen molar-refractivity contribution in [2.75, 3.05) is 18.4 Å². The quantitative estimate of drug-likeness (QED) is 0.883. The predicted octanol–water partition coefficient (Wildman–Crippen LogP) is 3.37. The second-order valence-corrected chi connectivity index (χ2v) is 5.94. The predicted molar refractivity (Wildman–Crippen MR) is 89.0 cm³/mol. The van der Waals surface area contributed by atoms with Crippen LogP contribution in [0.15, 0.2) is 47.3 Å². The lowest BCUT2D eigenvalue weighted by atomic mass is 9.95. The molecular formula is C18H18F2N2O4. The molecule has 0 unspecified atom stereocenters. The molecule has 0 radical (unpaired) electrons. The minimum absolute atomic E-state index is 0.0802. The maximum absolute atomic E-state index is 12.4. The fraction of sp³-hybridized carbons (Fsp3) is 0.333. The van der Waals surface area contributed by atoms with Crippen LogP contribution in [0, 0.1) is 5.92 Å². The Morgan fingerprint density at radius 3 is 2.58 bits per heavy atom. The molecule has 138 valence electrons. The summed E-state index contributed by atoms with van der Waals surface area (Å²) in [5.74, 6) is -0.787. The Hall–Kier alpha value is -2.90. The topological polar surface area (TPSA) is 71.8 Å². The van der Waals surface area contributed by atoms with Gasteiger partial charge in [0.05, 0.1) is 17.5 Å². The molecule has 1 N–H and O–H groups in total. The van der Waals surface area contributed by atoms with Gasteiger partial charge in [0.15, 0.2) is 0 Å². The van der Waals surface area contributed by atoms with Crippen LogP contribution in [0.3, 0.4) is 0 Å². The van der Waals surface area contributed by atoms with Gasteiger partial charge in [0.2, 0.25) is 5.91 Å². The van der Waals surface area contributed by atoms with E-state index in [1.165, 1.54) is 24.7 Å². The number of carbonyl (C=O) groups excluding carboxylic acids is 2. The van der Waals surface area contributed by atoms with Crippen LogP contribution >= 0.6 is 0 Å². The molecular weight excluding hydrogens is 346 g/mol. The first-order valence-corrected chi connectivity index (χ1v) is 8.21. The molecule has 0 spiro atoms. The molecule has 1 aliphatic rings. The SMILES string of the molecule is O=C(Nc1ccccc1OC(F)F)C1CCN(C(=O)c2ccoc2)CC1. The molecule has 6 nitrogen and oxygen atoms in total. The van der Waals surface area contributed by atoms with E-state index in [0.717, 1.165) is 0 Å². The van der Waals surface area contributed by atoms with Gasteiger partial charge in [-0.15, -0.1) is 0 Å². The number of nitrogens with zero attached hydrogens (tertiary/aromatic N) is 1. The zero-order chi connectivity index (χ0) is 18.5. The molecule has 2 heterocycles. The second kappa shape index (κ2) is 7.99. The molecule has 8 heteroatoms. The van der Waals surface area contributed by atoms with Crippen LogP contribution in [-0.4, -0.2) is 36.4 Å². The van der Waals surface area contributed by atoms with E-state index in [1.807, 2.05) is 0 Å². The highest BCUT2D eigenvalue weighted by Crippen LogP contribution is 2.27. The lowest BCUT2D eigenvalue weighted by molar-refractivity contribution is -0.121. The van der Waals surface area contributed by atoms with Crippen molar-refractivity contribution in [3.63, 3.8) is 0 Å². The number of para-hydroxylation sites is 2. The van der Waals surface area contributed by atoms with Gasteiger partial charge < -0.3 is 19.4 Å². The number of carbonyl (C=O) groups is 2. The number of piperidine rings is 1. The third kappa shape index (κ3) is 4.19. The highest BCUT2D eigenvalue weighted by molar-refractivity contribution is 5.95. The molecule has 0 bridgehead atoms. The molecule has 1 aliphatic heterocycles. The molecule has 0 saturated carbocycles. The average molecular weight is 364 g/mol. The van der Waals surface area contributed by atoms with E-state index < -0.39 is 6.61 Å². The molecule has 1 aromatic carbocycles. The number of furan rings is 1. The molecule has 2 amide bonds. The van der Waals surface area contributed by atoms with E-state index in [-0.39, 0.29) is 29.2 Å². The van der Waals surface area contributed by atoms with Crippen LogP contribution in [0.2, 0.25) is 0 Å². The zero-order valence-corrected chi connectivity index (χ0v) is 13.9. The number of ether oxygens (including phenoxy) is 1. The molecule has 0 aliphatic carbocycles. The highest BCUT2D eigenvalue weighted by atomic mass is 19.3. The zero-order valence-electron chi connectivity index (χ0n) is 13.9. The highest BCUT2D eigenvalue weighted by Gasteiger charge is 2.28. The maximum atomic E-state index is 12.4. The lowest BCUT2D eigenvalue weighted by Crippen LogP contribution is -2.41. The van der Waals surface area contributed by atoms with E-state index in [2.05, 4.69) is 10.1 Å². The Bertz CT molecular complexity index is 756. The number of rotatable bonds is 5. The van der Waals surface area contributed by atoms with Gasteiger partial charge in [0.25, 0.3) is 5.91 Å². The summed E-state index contributed by atoms with van der Waals surface area (Å²) >= 11 is 0. The number of nitrogens with one attached hydrogen (secondary N) is 1. The number of halogens is 2. The number of anilines is 1. The lowest BCUT2D eigenvalue weighted by Gasteiger charge is -2.31. The van der Waals surface area contributed by atoms with Gasteiger partial charge >= 0.3 is 6.61 Å². The van der Waals surface area contributed by atoms with Crippen LogP contribution < -0.4 is 10.1 Å². The van der Waals surface area contributed by atoms with Gasteiger partial charge in [-0.1, -0.05) is 12.1 Å². The van der Waals surface area contributed by atoms with Crippen LogP contribution in [0.5, 0.6) is 5.75 Å². The number of benzene rings is 1. The smallest absolute Gasteiger partial charge is 0.387 e. The Labute approximate surface area is 148 Å². The second-order valence-electron chi connectivity index (χ2n) is 5.94. The third-order valence-corrected chi connectivity index (χ3v) is 4.28. The summed E-state index contributed by atoms with van der Waals surface area (Å²) in [4.78, 5) is 26.4. The summed E-state index contributed by atoms with van der Waals surface area (Å²) in [6.45, 7) is -2.08. The summed E-state index contributed by atoms with van der Waals surface area (Å²) in [5.41, 5.74) is 0.681. The van der Waals surface area contributed by atoms with E-state index >= 15 is 0 Å². The first kappa shape index (κ1) is 17.9. The van der Waals surface area contributed by atoms with Crippen LogP contribution in [0.4, 0.5) is 14.5 Å². The molecule has 26 heavy (non-hydrogen) atoms. The van der Waals surface area contributed by atoms with Crippen molar-refractivity contribution >= 4 is 17.5 Å². The van der Waals surface area contributed by atoms with Crippen molar-refractivity contribution in [3.05, 3.63) is 48.4 Å². The Morgan fingerprint density at radius 1 is 1.19 bits per heavy atom. The average Bonchev–Trinajstić information content (AvgIpc) is 3.17. The van der Waals surface area contributed by atoms with E-state index in [1.54, 1.807) is 23.1 Å². The van der Waals surface area contributed by atoms with E-state index in [9.17, 15) is 18.4 Å². The Morgan fingerprint density at radius 2 is 1.92 bits per heavy atom. The number of hydrogen-bond donors (Lipinski definition) is 1. The fourth-order valence-electron chi connectivity index (χ4n) is 2.92. The number of alkyl halides is 2. The van der Waals surface area contributed by atoms with Gasteiger partial charge in [-0.25, -0.2) is 0 Å². The van der Waals surface area contributed by atoms with Crippen molar-refractivity contribution in [1.29, 1.82) is 0 Å². The largest absolute Gasteiger partial charge is 0.472 e. The van der Waals surface area contributed by atoms with Gasteiger partial charge in [0, 0.05) is 19.0 Å². The first-order valence-electron chi connectivity index (χ1n) is 8.21. The van der Waals surface area contributed by atoms with Gasteiger partial charge in [0.1, 0.15) is 12.0 Å². The molecule has 1 saturated heterocycles. The molecule has 2 aromatic rings. The van der Waals surface area contributed by atoms with Gasteiger partial charge in [-0.3, -0.25) is 9.59 Å². The number of hydrogen-bond acceptors (Lipinski definition) is 4. The Balaban J connectivity index is 1.57. The molecule has 1 fully saturated rings.